The number of pyridine rings is 1. The smallest absolute Gasteiger partial charge is 0.320 e. The molecule has 0 bridgehead atoms. The second-order valence-electron chi connectivity index (χ2n) is 6.61. The number of piperidine rings is 1. The average Bonchev–Trinajstić information content (AvgIpc) is 2.57. The molecule has 1 aliphatic rings. The van der Waals surface area contributed by atoms with Gasteiger partial charge in [-0.2, -0.15) is 0 Å². The normalized spacial score (nSPS) is 19.8. The number of carboxylic acid groups (broad SMARTS) is 1. The SMILES string of the molecule is Cc1cccc(C(c2ncccc2C)N2CCCCC2C(=O)O)c1. The van der Waals surface area contributed by atoms with Crippen LogP contribution in [0.1, 0.15) is 47.7 Å². The number of hydrogen-bond acceptors (Lipinski definition) is 3. The molecule has 1 aromatic carbocycles. The van der Waals surface area contributed by atoms with Crippen LogP contribution in [0.25, 0.3) is 0 Å². The van der Waals surface area contributed by atoms with E-state index in [4.69, 9.17) is 0 Å². The van der Waals surface area contributed by atoms with Gasteiger partial charge in [-0.05, 0) is 50.4 Å². The van der Waals surface area contributed by atoms with Gasteiger partial charge in [-0.3, -0.25) is 14.7 Å². The minimum Gasteiger partial charge on any atom is -0.480 e. The third-order valence-corrected chi connectivity index (χ3v) is 4.83. The molecule has 126 valence electrons. The first kappa shape index (κ1) is 16.7. The largest absolute Gasteiger partial charge is 0.480 e. The van der Waals surface area contributed by atoms with Crippen LogP contribution in [0.2, 0.25) is 0 Å². The zero-order valence-electron chi connectivity index (χ0n) is 14.3. The lowest BCUT2D eigenvalue weighted by Crippen LogP contribution is -2.47. The summed E-state index contributed by atoms with van der Waals surface area (Å²) in [7, 11) is 0. The van der Waals surface area contributed by atoms with Crippen LogP contribution in [-0.2, 0) is 4.79 Å². The van der Waals surface area contributed by atoms with E-state index in [0.717, 1.165) is 36.2 Å². The third-order valence-electron chi connectivity index (χ3n) is 4.83. The number of nitrogens with zero attached hydrogens (tertiary/aromatic N) is 2. The van der Waals surface area contributed by atoms with Crippen molar-refractivity contribution >= 4 is 5.97 Å². The van der Waals surface area contributed by atoms with E-state index in [1.54, 1.807) is 6.20 Å². The summed E-state index contributed by atoms with van der Waals surface area (Å²) in [5.41, 5.74) is 4.34. The fourth-order valence-corrected chi connectivity index (χ4v) is 3.66. The zero-order chi connectivity index (χ0) is 17.1. The number of hydrogen-bond donors (Lipinski definition) is 1. The van der Waals surface area contributed by atoms with Crippen molar-refractivity contribution < 1.29 is 9.90 Å². The molecule has 4 heteroatoms. The number of benzene rings is 1. The van der Waals surface area contributed by atoms with Crippen LogP contribution in [-0.4, -0.2) is 33.5 Å². The Morgan fingerprint density at radius 3 is 2.79 bits per heavy atom. The lowest BCUT2D eigenvalue weighted by molar-refractivity contribution is -0.145. The molecule has 1 aliphatic heterocycles. The van der Waals surface area contributed by atoms with Gasteiger partial charge in [-0.25, -0.2) is 0 Å². The van der Waals surface area contributed by atoms with E-state index in [1.165, 1.54) is 5.56 Å². The van der Waals surface area contributed by atoms with Crippen molar-refractivity contribution in [2.24, 2.45) is 0 Å². The quantitative estimate of drug-likeness (QED) is 0.931. The van der Waals surface area contributed by atoms with E-state index in [2.05, 4.69) is 35.0 Å². The number of carbonyl (C=O) groups is 1. The third kappa shape index (κ3) is 3.34. The maximum Gasteiger partial charge on any atom is 0.320 e. The second-order valence-corrected chi connectivity index (χ2v) is 6.61. The van der Waals surface area contributed by atoms with Gasteiger partial charge in [-0.15, -0.1) is 0 Å². The second kappa shape index (κ2) is 7.14. The average molecular weight is 324 g/mol. The highest BCUT2D eigenvalue weighted by atomic mass is 16.4. The van der Waals surface area contributed by atoms with E-state index in [1.807, 2.05) is 25.1 Å². The summed E-state index contributed by atoms with van der Waals surface area (Å²) >= 11 is 0. The Morgan fingerprint density at radius 1 is 1.25 bits per heavy atom. The Hall–Kier alpha value is -2.20. The molecule has 0 amide bonds. The molecule has 1 N–H and O–H groups in total. The van der Waals surface area contributed by atoms with E-state index in [9.17, 15) is 9.90 Å². The Balaban J connectivity index is 2.11. The van der Waals surface area contributed by atoms with Crippen molar-refractivity contribution in [3.63, 3.8) is 0 Å². The highest BCUT2D eigenvalue weighted by Gasteiger charge is 2.36. The molecule has 1 aromatic heterocycles. The molecule has 3 rings (SSSR count). The van der Waals surface area contributed by atoms with Crippen LogP contribution >= 0.6 is 0 Å². The Kier molecular flexibility index (Phi) is 4.95. The van der Waals surface area contributed by atoms with Crippen LogP contribution in [0, 0.1) is 13.8 Å². The molecule has 0 radical (unpaired) electrons. The fourth-order valence-electron chi connectivity index (χ4n) is 3.66. The molecular weight excluding hydrogens is 300 g/mol. The monoisotopic (exact) mass is 324 g/mol. The maximum atomic E-state index is 11.8. The van der Waals surface area contributed by atoms with Crippen molar-refractivity contribution in [2.45, 2.75) is 45.2 Å². The highest BCUT2D eigenvalue weighted by molar-refractivity contribution is 5.73. The standard InChI is InChI=1S/C20H24N2O2/c1-14-7-5-9-16(13-14)19(18-15(2)8-6-11-21-18)22-12-4-3-10-17(22)20(23)24/h5-9,11,13,17,19H,3-4,10,12H2,1-2H3,(H,23,24). The van der Waals surface area contributed by atoms with Gasteiger partial charge in [0.05, 0.1) is 11.7 Å². The number of aryl methyl sites for hydroxylation is 2. The van der Waals surface area contributed by atoms with E-state index >= 15 is 0 Å². The van der Waals surface area contributed by atoms with Gasteiger partial charge in [-0.1, -0.05) is 42.3 Å². The van der Waals surface area contributed by atoms with E-state index in [0.29, 0.717) is 6.42 Å². The summed E-state index contributed by atoms with van der Waals surface area (Å²) in [6.45, 7) is 4.90. The van der Waals surface area contributed by atoms with Crippen molar-refractivity contribution in [1.29, 1.82) is 0 Å². The fraction of sp³-hybridized carbons (Fsp3) is 0.400. The minimum atomic E-state index is -0.735. The summed E-state index contributed by atoms with van der Waals surface area (Å²) in [4.78, 5) is 18.6. The van der Waals surface area contributed by atoms with Crippen molar-refractivity contribution in [3.05, 3.63) is 65.0 Å². The number of aliphatic carboxylic acids is 1. The Morgan fingerprint density at radius 2 is 2.08 bits per heavy atom. The van der Waals surface area contributed by atoms with Crippen molar-refractivity contribution in [3.8, 4) is 0 Å². The van der Waals surface area contributed by atoms with Gasteiger partial charge in [0, 0.05) is 6.20 Å². The molecule has 24 heavy (non-hydrogen) atoms. The lowest BCUT2D eigenvalue weighted by Gasteiger charge is -2.39. The van der Waals surface area contributed by atoms with Crippen molar-refractivity contribution in [2.75, 3.05) is 6.54 Å². The summed E-state index contributed by atoms with van der Waals surface area (Å²) in [5, 5.41) is 9.71. The van der Waals surface area contributed by atoms with Crippen LogP contribution in [0.4, 0.5) is 0 Å². The first-order chi connectivity index (χ1) is 11.6. The van der Waals surface area contributed by atoms with Gasteiger partial charge in [0.15, 0.2) is 0 Å². The molecule has 0 spiro atoms. The predicted molar refractivity (Wildman–Crippen MR) is 94.0 cm³/mol. The molecule has 2 aromatic rings. The minimum absolute atomic E-state index is 0.118. The number of likely N-dealkylation sites (tertiary alicyclic amines) is 1. The zero-order valence-corrected chi connectivity index (χ0v) is 14.3. The Bertz CT molecular complexity index is 729. The van der Waals surface area contributed by atoms with Gasteiger partial charge >= 0.3 is 5.97 Å². The first-order valence-corrected chi connectivity index (χ1v) is 8.54. The molecule has 1 saturated heterocycles. The molecule has 2 heterocycles. The molecular formula is C20H24N2O2. The summed E-state index contributed by atoms with van der Waals surface area (Å²) in [6, 6.07) is 11.7. The highest BCUT2D eigenvalue weighted by Crippen LogP contribution is 2.34. The van der Waals surface area contributed by atoms with Crippen LogP contribution in [0.3, 0.4) is 0 Å². The van der Waals surface area contributed by atoms with Crippen LogP contribution in [0.5, 0.6) is 0 Å². The lowest BCUT2D eigenvalue weighted by atomic mass is 9.92. The van der Waals surface area contributed by atoms with E-state index < -0.39 is 12.0 Å². The molecule has 0 aliphatic carbocycles. The van der Waals surface area contributed by atoms with Gasteiger partial charge in [0.1, 0.15) is 6.04 Å². The topological polar surface area (TPSA) is 53.4 Å². The van der Waals surface area contributed by atoms with Crippen LogP contribution < -0.4 is 0 Å². The summed E-state index contributed by atoms with van der Waals surface area (Å²) < 4.78 is 0. The summed E-state index contributed by atoms with van der Waals surface area (Å²) in [6.07, 6.45) is 4.49. The molecule has 1 fully saturated rings. The maximum absolute atomic E-state index is 11.8. The van der Waals surface area contributed by atoms with Crippen molar-refractivity contribution in [1.82, 2.24) is 9.88 Å². The molecule has 4 nitrogen and oxygen atoms in total. The molecule has 2 unspecified atom stereocenters. The molecule has 0 saturated carbocycles. The summed E-state index contributed by atoms with van der Waals surface area (Å²) in [5.74, 6) is -0.735. The number of rotatable bonds is 4. The predicted octanol–water partition coefficient (Wildman–Crippen LogP) is 3.73. The first-order valence-electron chi connectivity index (χ1n) is 8.54. The van der Waals surface area contributed by atoms with Gasteiger partial charge in [0.25, 0.3) is 0 Å². The Labute approximate surface area is 143 Å². The number of aromatic nitrogens is 1. The molecule has 2 atom stereocenters. The van der Waals surface area contributed by atoms with Gasteiger partial charge < -0.3 is 5.11 Å². The number of carboxylic acids is 1. The van der Waals surface area contributed by atoms with Crippen LogP contribution in [0.15, 0.2) is 42.6 Å². The van der Waals surface area contributed by atoms with E-state index in [-0.39, 0.29) is 6.04 Å². The van der Waals surface area contributed by atoms with Gasteiger partial charge in [0.2, 0.25) is 0 Å².